The lowest BCUT2D eigenvalue weighted by Crippen LogP contribution is -2.29. The smallest absolute Gasteiger partial charge is 0.0464 e. The number of rotatable bonds is 7. The van der Waals surface area contributed by atoms with Crippen LogP contribution in [-0.4, -0.2) is 6.04 Å². The van der Waals surface area contributed by atoms with Crippen LogP contribution in [0.5, 0.6) is 0 Å². The molecule has 0 saturated carbocycles. The Balaban J connectivity index is 2.51. The van der Waals surface area contributed by atoms with E-state index in [2.05, 4.69) is 48.1 Å². The van der Waals surface area contributed by atoms with Crippen LogP contribution in [0.1, 0.15) is 58.1 Å². The van der Waals surface area contributed by atoms with Gasteiger partial charge in [-0.2, -0.15) is 0 Å². The van der Waals surface area contributed by atoms with E-state index in [0.29, 0.717) is 12.1 Å². The summed E-state index contributed by atoms with van der Waals surface area (Å²) in [6.45, 7) is 6.66. The molecule has 1 rings (SSSR count). The zero-order valence-electron chi connectivity index (χ0n) is 11.5. The predicted molar refractivity (Wildman–Crippen MR) is 84.3 cm³/mol. The van der Waals surface area contributed by atoms with Crippen molar-refractivity contribution < 1.29 is 0 Å². The molecule has 18 heavy (non-hydrogen) atoms. The lowest BCUT2D eigenvalue weighted by molar-refractivity contribution is 0.440. The fraction of sp³-hybridized carbons (Fsp3) is 0.600. The maximum atomic E-state index is 6.26. The third-order valence-electron chi connectivity index (χ3n) is 3.20. The van der Waals surface area contributed by atoms with E-state index < -0.39 is 0 Å². The van der Waals surface area contributed by atoms with Crippen molar-refractivity contribution in [3.8, 4) is 0 Å². The molecule has 0 bridgehead atoms. The van der Waals surface area contributed by atoms with E-state index >= 15 is 0 Å². The summed E-state index contributed by atoms with van der Waals surface area (Å²) in [6.07, 6.45) is 5.12. The normalized spacial score (nSPS) is 14.5. The molecule has 0 aliphatic rings. The van der Waals surface area contributed by atoms with Crippen LogP contribution in [0.15, 0.2) is 22.7 Å². The highest BCUT2D eigenvalue weighted by Gasteiger charge is 2.12. The van der Waals surface area contributed by atoms with Crippen molar-refractivity contribution in [3.05, 3.63) is 33.3 Å². The van der Waals surface area contributed by atoms with E-state index in [0.717, 1.165) is 9.50 Å². The summed E-state index contributed by atoms with van der Waals surface area (Å²) in [5, 5.41) is 4.44. The summed E-state index contributed by atoms with van der Waals surface area (Å²) in [6, 6.07) is 6.91. The molecule has 0 radical (unpaired) electrons. The second kappa shape index (κ2) is 8.19. The van der Waals surface area contributed by atoms with Gasteiger partial charge in [0, 0.05) is 21.6 Å². The van der Waals surface area contributed by atoms with Gasteiger partial charge in [-0.3, -0.25) is 0 Å². The summed E-state index contributed by atoms with van der Waals surface area (Å²) in [4.78, 5) is 0. The molecule has 0 spiro atoms. The molecule has 1 N–H and O–H groups in total. The van der Waals surface area contributed by atoms with Crippen molar-refractivity contribution in [3.63, 3.8) is 0 Å². The largest absolute Gasteiger partial charge is 0.308 e. The minimum Gasteiger partial charge on any atom is -0.308 e. The van der Waals surface area contributed by atoms with Gasteiger partial charge in [-0.15, -0.1) is 0 Å². The molecule has 0 heterocycles. The molecule has 1 aromatic carbocycles. The van der Waals surface area contributed by atoms with E-state index in [-0.39, 0.29) is 0 Å². The Morgan fingerprint density at radius 3 is 2.61 bits per heavy atom. The quantitative estimate of drug-likeness (QED) is 0.629. The zero-order valence-corrected chi connectivity index (χ0v) is 13.8. The first-order chi connectivity index (χ1) is 8.54. The van der Waals surface area contributed by atoms with Crippen LogP contribution in [-0.2, 0) is 0 Å². The molecule has 3 heteroatoms. The number of hydrogen-bond donors (Lipinski definition) is 1. The minimum atomic E-state index is 0.294. The molecular weight excluding hydrogens is 310 g/mol. The van der Waals surface area contributed by atoms with Crippen molar-refractivity contribution in [1.29, 1.82) is 0 Å². The van der Waals surface area contributed by atoms with Crippen molar-refractivity contribution in [2.24, 2.45) is 0 Å². The zero-order chi connectivity index (χ0) is 13.5. The Bertz CT molecular complexity index is 368. The van der Waals surface area contributed by atoms with Gasteiger partial charge in [-0.05, 0) is 38.0 Å². The Labute approximate surface area is 124 Å². The second-order valence-corrected chi connectivity index (χ2v) is 6.27. The molecule has 102 valence electrons. The van der Waals surface area contributed by atoms with E-state index in [1.807, 2.05) is 12.1 Å². The van der Waals surface area contributed by atoms with Crippen molar-refractivity contribution in [1.82, 2.24) is 5.32 Å². The van der Waals surface area contributed by atoms with E-state index in [1.54, 1.807) is 0 Å². The van der Waals surface area contributed by atoms with Crippen LogP contribution in [0.4, 0.5) is 0 Å². The third-order valence-corrected chi connectivity index (χ3v) is 4.02. The van der Waals surface area contributed by atoms with Gasteiger partial charge < -0.3 is 5.32 Å². The van der Waals surface area contributed by atoms with Crippen LogP contribution in [0.3, 0.4) is 0 Å². The van der Waals surface area contributed by atoms with Crippen molar-refractivity contribution in [2.45, 2.75) is 58.5 Å². The molecule has 0 saturated heterocycles. The molecule has 0 amide bonds. The number of hydrogen-bond acceptors (Lipinski definition) is 1. The monoisotopic (exact) mass is 331 g/mol. The minimum absolute atomic E-state index is 0.294. The van der Waals surface area contributed by atoms with Crippen molar-refractivity contribution in [2.75, 3.05) is 0 Å². The van der Waals surface area contributed by atoms with E-state index in [9.17, 15) is 0 Å². The van der Waals surface area contributed by atoms with Crippen molar-refractivity contribution >= 4 is 27.5 Å². The highest BCUT2D eigenvalue weighted by atomic mass is 79.9. The molecular formula is C15H23BrClN. The number of nitrogens with one attached hydrogen (secondary N) is 1. The van der Waals surface area contributed by atoms with Crippen LogP contribution in [0, 0.1) is 0 Å². The predicted octanol–water partition coefficient (Wildman–Crippen LogP) is 5.72. The summed E-state index contributed by atoms with van der Waals surface area (Å²) in [5.74, 6) is 0. The second-order valence-electron chi connectivity index (χ2n) is 4.95. The van der Waals surface area contributed by atoms with Gasteiger partial charge in [0.05, 0.1) is 0 Å². The highest BCUT2D eigenvalue weighted by Crippen LogP contribution is 2.26. The molecule has 2 unspecified atom stereocenters. The third kappa shape index (κ3) is 5.29. The van der Waals surface area contributed by atoms with Crippen LogP contribution in [0.2, 0.25) is 5.02 Å². The first kappa shape index (κ1) is 16.0. The van der Waals surface area contributed by atoms with Gasteiger partial charge in [-0.25, -0.2) is 0 Å². The van der Waals surface area contributed by atoms with E-state index in [1.165, 1.54) is 31.2 Å². The summed E-state index contributed by atoms with van der Waals surface area (Å²) in [7, 11) is 0. The first-order valence-corrected chi connectivity index (χ1v) is 7.92. The van der Waals surface area contributed by atoms with Crippen LogP contribution < -0.4 is 5.32 Å². The average Bonchev–Trinajstić information content (AvgIpc) is 2.28. The number of benzene rings is 1. The Morgan fingerprint density at radius 2 is 2.00 bits per heavy atom. The van der Waals surface area contributed by atoms with Crippen LogP contribution in [0.25, 0.3) is 0 Å². The molecule has 1 aromatic rings. The fourth-order valence-electron chi connectivity index (χ4n) is 2.15. The number of halogens is 2. The van der Waals surface area contributed by atoms with Gasteiger partial charge in [0.2, 0.25) is 0 Å². The molecule has 1 nitrogen and oxygen atoms in total. The van der Waals surface area contributed by atoms with Gasteiger partial charge in [-0.1, -0.05) is 59.8 Å². The summed E-state index contributed by atoms with van der Waals surface area (Å²) < 4.78 is 1.03. The molecule has 2 atom stereocenters. The first-order valence-electron chi connectivity index (χ1n) is 6.75. The highest BCUT2D eigenvalue weighted by molar-refractivity contribution is 9.10. The topological polar surface area (TPSA) is 12.0 Å². The fourth-order valence-corrected chi connectivity index (χ4v) is 2.99. The molecule has 0 fully saturated rings. The summed E-state index contributed by atoms with van der Waals surface area (Å²) >= 11 is 9.70. The Hall–Kier alpha value is -0.0500. The average molecular weight is 333 g/mol. The van der Waals surface area contributed by atoms with E-state index in [4.69, 9.17) is 11.6 Å². The Kier molecular flexibility index (Phi) is 7.28. The summed E-state index contributed by atoms with van der Waals surface area (Å²) in [5.41, 5.74) is 1.17. The lowest BCUT2D eigenvalue weighted by Gasteiger charge is -2.21. The lowest BCUT2D eigenvalue weighted by atomic mass is 10.1. The number of unbranched alkanes of at least 4 members (excludes halogenated alkanes) is 2. The standard InChI is InChI=1S/C15H23BrClN/c1-4-5-6-7-11(2)18-12(3)14-9-8-13(16)10-15(14)17/h8-12,18H,4-7H2,1-3H3. The van der Waals surface area contributed by atoms with Gasteiger partial charge in [0.25, 0.3) is 0 Å². The molecule has 0 aromatic heterocycles. The molecule has 0 aliphatic heterocycles. The van der Waals surface area contributed by atoms with Gasteiger partial charge >= 0.3 is 0 Å². The molecule has 0 aliphatic carbocycles. The SMILES string of the molecule is CCCCCC(C)NC(C)c1ccc(Br)cc1Cl. The maximum Gasteiger partial charge on any atom is 0.0464 e. The van der Waals surface area contributed by atoms with Crippen LogP contribution >= 0.6 is 27.5 Å². The van der Waals surface area contributed by atoms with Gasteiger partial charge in [0.15, 0.2) is 0 Å². The maximum absolute atomic E-state index is 6.26. The van der Waals surface area contributed by atoms with Gasteiger partial charge in [0.1, 0.15) is 0 Å². The Morgan fingerprint density at radius 1 is 1.28 bits per heavy atom.